The lowest BCUT2D eigenvalue weighted by Crippen LogP contribution is -2.36. The lowest BCUT2D eigenvalue weighted by Gasteiger charge is -2.22. The Kier molecular flexibility index (Phi) is 9.78. The van der Waals surface area contributed by atoms with E-state index in [4.69, 9.17) is 5.73 Å². The second-order valence-corrected chi connectivity index (χ2v) is 9.16. The molecule has 0 spiro atoms. The summed E-state index contributed by atoms with van der Waals surface area (Å²) in [7, 11) is 1.37. The lowest BCUT2D eigenvalue weighted by atomic mass is 9.94. The molecule has 0 aliphatic carbocycles. The van der Waals surface area contributed by atoms with Crippen LogP contribution in [0, 0.1) is 17.5 Å². The molecule has 0 unspecified atom stereocenters. The molecule has 4 N–H and O–H groups in total. The van der Waals surface area contributed by atoms with Gasteiger partial charge in [0.1, 0.15) is 24.0 Å². The van der Waals surface area contributed by atoms with Gasteiger partial charge >= 0.3 is 0 Å². The number of rotatable bonds is 10. The number of aromatic nitrogens is 3. The highest BCUT2D eigenvalue weighted by molar-refractivity contribution is 5.95. The van der Waals surface area contributed by atoms with Gasteiger partial charge in [-0.25, -0.2) is 22.8 Å². The van der Waals surface area contributed by atoms with Crippen molar-refractivity contribution in [3.8, 4) is 11.1 Å². The van der Waals surface area contributed by atoms with Gasteiger partial charge < -0.3 is 16.4 Å². The normalized spacial score (nSPS) is 12.0. The van der Waals surface area contributed by atoms with E-state index in [0.717, 1.165) is 28.9 Å². The first kappa shape index (κ1) is 30.4. The highest BCUT2D eigenvalue weighted by Gasteiger charge is 2.23. The van der Waals surface area contributed by atoms with Crippen LogP contribution in [-0.2, 0) is 17.8 Å². The predicted octanol–water partition coefficient (Wildman–Crippen LogP) is 3.36. The topological polar surface area (TPSA) is 144 Å². The van der Waals surface area contributed by atoms with Gasteiger partial charge in [-0.2, -0.15) is 0 Å². The largest absolute Gasteiger partial charge is 0.405 e. The van der Waals surface area contributed by atoms with E-state index in [1.165, 1.54) is 56.0 Å². The van der Waals surface area contributed by atoms with Crippen LogP contribution in [0.1, 0.15) is 27.7 Å². The average Bonchev–Trinajstić information content (AvgIpc) is 2.98. The standard InChI is InChI=1S/C30H26F3N7O3/c1-35-30(43)23-15-19(5-6-24(23)33)22-4-2-10-37-29(22)25(14-18-12-20(31)16-21(32)13-18)38-27(41)17-40-28(42)8-7-26(39-40)36-11-3-9-34/h2-13,15-16,25H,14,17,34H2,1H3,(H,35,43)(H,38,41)/t25-/m0/s1. The molecule has 220 valence electrons. The molecule has 0 radical (unpaired) electrons. The quantitative estimate of drug-likeness (QED) is 0.242. The number of carbonyl (C=O) groups excluding carboxylic acids is 2. The van der Waals surface area contributed by atoms with Crippen LogP contribution in [0.5, 0.6) is 0 Å². The van der Waals surface area contributed by atoms with Crippen LogP contribution in [0.3, 0.4) is 0 Å². The molecule has 0 saturated heterocycles. The molecule has 0 aliphatic rings. The number of hydrogen-bond donors (Lipinski definition) is 3. The Morgan fingerprint density at radius 1 is 1.07 bits per heavy atom. The van der Waals surface area contributed by atoms with Crippen molar-refractivity contribution < 1.29 is 22.8 Å². The maximum Gasteiger partial charge on any atom is 0.267 e. The van der Waals surface area contributed by atoms with Crippen LogP contribution in [0.25, 0.3) is 11.1 Å². The van der Waals surface area contributed by atoms with Crippen LogP contribution in [0.2, 0.25) is 0 Å². The molecule has 43 heavy (non-hydrogen) atoms. The molecule has 13 heteroatoms. The van der Waals surface area contributed by atoms with Gasteiger partial charge in [-0.15, -0.1) is 5.10 Å². The van der Waals surface area contributed by atoms with E-state index in [1.807, 2.05) is 0 Å². The molecule has 10 nitrogen and oxygen atoms in total. The highest BCUT2D eigenvalue weighted by Crippen LogP contribution is 2.30. The molecular formula is C30H26F3N7O3. The molecule has 0 saturated carbocycles. The van der Waals surface area contributed by atoms with Crippen molar-refractivity contribution in [3.05, 3.63) is 124 Å². The third-order valence-corrected chi connectivity index (χ3v) is 6.16. The molecule has 1 atom stereocenters. The summed E-state index contributed by atoms with van der Waals surface area (Å²) in [6.45, 7) is -0.511. The molecule has 2 aromatic heterocycles. The van der Waals surface area contributed by atoms with Crippen molar-refractivity contribution in [2.75, 3.05) is 7.05 Å². The molecule has 0 fully saturated rings. The van der Waals surface area contributed by atoms with E-state index in [9.17, 15) is 27.6 Å². The third-order valence-electron chi connectivity index (χ3n) is 6.16. The van der Waals surface area contributed by atoms with E-state index in [0.29, 0.717) is 11.1 Å². The number of allylic oxidation sites excluding steroid dienone is 1. The van der Waals surface area contributed by atoms with Crippen LogP contribution in [-0.4, -0.2) is 39.8 Å². The zero-order valence-corrected chi connectivity index (χ0v) is 22.8. The van der Waals surface area contributed by atoms with E-state index >= 15 is 0 Å². The molecular weight excluding hydrogens is 563 g/mol. The first-order valence-electron chi connectivity index (χ1n) is 12.9. The Labute approximate surface area is 243 Å². The number of carbonyl (C=O) groups is 2. The summed E-state index contributed by atoms with van der Waals surface area (Å²) in [5, 5.41) is 9.21. The monoisotopic (exact) mass is 589 g/mol. The van der Waals surface area contributed by atoms with Gasteiger partial charge in [-0.05, 0) is 66.2 Å². The van der Waals surface area contributed by atoms with Gasteiger partial charge in [0, 0.05) is 37.2 Å². The first-order chi connectivity index (χ1) is 20.7. The van der Waals surface area contributed by atoms with Gasteiger partial charge in [-0.3, -0.25) is 19.4 Å². The van der Waals surface area contributed by atoms with Gasteiger partial charge in [-0.1, -0.05) is 12.1 Å². The summed E-state index contributed by atoms with van der Waals surface area (Å²) in [5.74, 6) is -3.53. The summed E-state index contributed by atoms with van der Waals surface area (Å²) in [4.78, 5) is 46.4. The zero-order valence-electron chi connectivity index (χ0n) is 22.8. The van der Waals surface area contributed by atoms with E-state index in [-0.39, 0.29) is 29.1 Å². The summed E-state index contributed by atoms with van der Waals surface area (Å²) < 4.78 is 43.5. The SMILES string of the molecule is CNC(=O)c1cc(-c2cccnc2[C@H](Cc2cc(F)cc(F)c2)NC(=O)Cn2nc(N=CC=CN)ccc2=O)ccc1F. The van der Waals surface area contributed by atoms with Crippen molar-refractivity contribution in [1.29, 1.82) is 0 Å². The Morgan fingerprint density at radius 3 is 2.56 bits per heavy atom. The molecule has 4 aromatic rings. The minimum atomic E-state index is -0.981. The number of nitrogens with two attached hydrogens (primary N) is 1. The maximum atomic E-state index is 14.4. The lowest BCUT2D eigenvalue weighted by molar-refractivity contribution is -0.122. The van der Waals surface area contributed by atoms with Gasteiger partial charge in [0.15, 0.2) is 5.82 Å². The molecule has 0 aliphatic heterocycles. The van der Waals surface area contributed by atoms with Crippen molar-refractivity contribution in [2.24, 2.45) is 10.7 Å². The Morgan fingerprint density at radius 2 is 1.84 bits per heavy atom. The number of pyridine rings is 1. The highest BCUT2D eigenvalue weighted by atomic mass is 19.1. The minimum Gasteiger partial charge on any atom is -0.405 e. The molecule has 0 bridgehead atoms. The minimum absolute atomic E-state index is 0.105. The second kappa shape index (κ2) is 13.9. The Balaban J connectivity index is 1.73. The third kappa shape index (κ3) is 7.79. The predicted molar refractivity (Wildman–Crippen MR) is 154 cm³/mol. The van der Waals surface area contributed by atoms with Crippen LogP contribution < -0.4 is 21.9 Å². The molecule has 2 amide bonds. The van der Waals surface area contributed by atoms with Crippen LogP contribution in [0.15, 0.2) is 88.9 Å². The van der Waals surface area contributed by atoms with Crippen molar-refractivity contribution >= 4 is 23.8 Å². The molecule has 4 rings (SSSR count). The zero-order chi connectivity index (χ0) is 30.9. The first-order valence-corrected chi connectivity index (χ1v) is 12.9. The number of nitrogens with zero attached hydrogens (tertiary/aromatic N) is 4. The molecule has 2 heterocycles. The Hall–Kier alpha value is -5.59. The van der Waals surface area contributed by atoms with Crippen molar-refractivity contribution in [1.82, 2.24) is 25.4 Å². The summed E-state index contributed by atoms with van der Waals surface area (Å²) in [6.07, 6.45) is 5.42. The van der Waals surface area contributed by atoms with Gasteiger partial charge in [0.25, 0.3) is 11.5 Å². The fourth-order valence-corrected chi connectivity index (χ4v) is 4.29. The van der Waals surface area contributed by atoms with Gasteiger partial charge in [0.05, 0.1) is 17.3 Å². The number of hydrogen-bond acceptors (Lipinski definition) is 7. The van der Waals surface area contributed by atoms with Crippen LogP contribution in [0.4, 0.5) is 19.0 Å². The summed E-state index contributed by atoms with van der Waals surface area (Å²) in [6, 6.07) is 11.7. The van der Waals surface area contributed by atoms with Crippen molar-refractivity contribution in [2.45, 2.75) is 19.0 Å². The molecule has 2 aromatic carbocycles. The number of nitrogens with one attached hydrogen (secondary N) is 2. The average molecular weight is 590 g/mol. The summed E-state index contributed by atoms with van der Waals surface area (Å²) >= 11 is 0. The van der Waals surface area contributed by atoms with E-state index < -0.39 is 47.4 Å². The number of amides is 2. The maximum absolute atomic E-state index is 14.4. The number of benzene rings is 2. The fraction of sp³-hybridized carbons (Fsp3) is 0.133. The summed E-state index contributed by atoms with van der Waals surface area (Å²) in [5.41, 5.74) is 5.81. The fourth-order valence-electron chi connectivity index (χ4n) is 4.29. The Bertz CT molecular complexity index is 1750. The van der Waals surface area contributed by atoms with Gasteiger partial charge in [0.2, 0.25) is 5.91 Å². The number of aliphatic imine (C=N–C) groups is 1. The second-order valence-electron chi connectivity index (χ2n) is 9.16. The van der Waals surface area contributed by atoms with Crippen molar-refractivity contribution in [3.63, 3.8) is 0 Å². The van der Waals surface area contributed by atoms with Crippen LogP contribution >= 0.6 is 0 Å². The van der Waals surface area contributed by atoms with E-state index in [1.54, 1.807) is 12.1 Å². The van der Waals surface area contributed by atoms with E-state index in [2.05, 4.69) is 25.7 Å². The number of halogens is 3. The smallest absolute Gasteiger partial charge is 0.267 e.